The molecule has 3 saturated carbocycles. The molecule has 0 bridgehead atoms. The molecule has 3 fully saturated rings. The molecule has 38 heavy (non-hydrogen) atoms. The highest BCUT2D eigenvalue weighted by molar-refractivity contribution is 6.01. The van der Waals surface area contributed by atoms with Crippen molar-refractivity contribution >= 4 is 17.7 Å². The molecule has 0 spiro atoms. The summed E-state index contributed by atoms with van der Waals surface area (Å²) in [4.78, 5) is 38.6. The Hall–Kier alpha value is -2.63. The normalized spacial score (nSPS) is 37.1. The second-order valence-corrected chi connectivity index (χ2v) is 12.8. The summed E-state index contributed by atoms with van der Waals surface area (Å²) in [6.07, 6.45) is 7.66. The smallest absolute Gasteiger partial charge is 0.338 e. The number of allylic oxidation sites excluding steroid dienone is 2. The van der Waals surface area contributed by atoms with Gasteiger partial charge in [-0.1, -0.05) is 39.0 Å². The number of rotatable bonds is 6. The van der Waals surface area contributed by atoms with Crippen LogP contribution in [0, 0.1) is 40.4 Å². The first-order chi connectivity index (χ1) is 18.1. The molecule has 6 nitrogen and oxygen atoms in total. The third kappa shape index (κ3) is 4.28. The fourth-order valence-electron chi connectivity index (χ4n) is 9.04. The molecule has 0 amide bonds. The Bertz CT molecular complexity index is 1130. The average molecular weight is 522 g/mol. The molecule has 0 unspecified atom stereocenters. The summed E-state index contributed by atoms with van der Waals surface area (Å²) in [5.41, 5.74) is 8.53. The maximum Gasteiger partial charge on any atom is 0.338 e. The number of hydrogen-bond donors (Lipinski definition) is 1. The van der Waals surface area contributed by atoms with Crippen molar-refractivity contribution in [3.63, 3.8) is 0 Å². The second-order valence-electron chi connectivity index (χ2n) is 12.8. The lowest BCUT2D eigenvalue weighted by Gasteiger charge is -2.57. The van der Waals surface area contributed by atoms with Crippen LogP contribution in [0.4, 0.5) is 0 Å². The molecule has 4 aliphatic rings. The molecule has 0 radical (unpaired) electrons. The molecular weight excluding hydrogens is 478 g/mol. The Morgan fingerprint density at radius 1 is 1.08 bits per heavy atom. The summed E-state index contributed by atoms with van der Waals surface area (Å²) in [6, 6.07) is 9.19. The predicted octanol–water partition coefficient (Wildman–Crippen LogP) is 5.85. The summed E-state index contributed by atoms with van der Waals surface area (Å²) < 4.78 is 10.8. The van der Waals surface area contributed by atoms with Gasteiger partial charge in [0.25, 0.3) is 0 Å². The molecule has 5 rings (SSSR count). The van der Waals surface area contributed by atoms with E-state index in [0.717, 1.165) is 51.4 Å². The minimum Gasteiger partial charge on any atom is -0.469 e. The number of esters is 2. The van der Waals surface area contributed by atoms with E-state index in [1.807, 2.05) is 18.2 Å². The largest absolute Gasteiger partial charge is 0.469 e. The topological polar surface area (TPSA) is 95.7 Å². The summed E-state index contributed by atoms with van der Waals surface area (Å²) in [5, 5.41) is 0. The van der Waals surface area contributed by atoms with Crippen LogP contribution in [0.5, 0.6) is 0 Å². The van der Waals surface area contributed by atoms with Crippen molar-refractivity contribution < 1.29 is 23.9 Å². The minimum atomic E-state index is -0.473. The molecule has 8 atom stereocenters. The Morgan fingerprint density at radius 2 is 1.82 bits per heavy atom. The van der Waals surface area contributed by atoms with E-state index in [9.17, 15) is 14.4 Å². The zero-order valence-electron chi connectivity index (χ0n) is 23.3. The average Bonchev–Trinajstić information content (AvgIpc) is 3.28. The van der Waals surface area contributed by atoms with Gasteiger partial charge in [-0.3, -0.25) is 9.59 Å². The van der Waals surface area contributed by atoms with Gasteiger partial charge in [0.15, 0.2) is 5.78 Å². The molecule has 6 heteroatoms. The Morgan fingerprint density at radius 3 is 2.53 bits per heavy atom. The van der Waals surface area contributed by atoms with Crippen molar-refractivity contribution in [3.05, 3.63) is 47.2 Å². The Kier molecular flexibility index (Phi) is 7.21. The van der Waals surface area contributed by atoms with Crippen LogP contribution in [0.3, 0.4) is 0 Å². The number of fused-ring (bicyclic) bond motifs is 5. The minimum absolute atomic E-state index is 0.102. The van der Waals surface area contributed by atoms with Gasteiger partial charge in [0.2, 0.25) is 0 Å². The van der Waals surface area contributed by atoms with Crippen LogP contribution in [0.2, 0.25) is 0 Å². The van der Waals surface area contributed by atoms with Gasteiger partial charge in [0.1, 0.15) is 6.10 Å². The molecule has 0 aliphatic heterocycles. The van der Waals surface area contributed by atoms with Crippen LogP contribution in [0.1, 0.15) is 88.9 Å². The van der Waals surface area contributed by atoms with Crippen molar-refractivity contribution in [3.8, 4) is 0 Å². The van der Waals surface area contributed by atoms with Crippen LogP contribution in [-0.2, 0) is 19.1 Å². The van der Waals surface area contributed by atoms with Gasteiger partial charge >= 0.3 is 11.9 Å². The molecule has 0 saturated heterocycles. The monoisotopic (exact) mass is 521 g/mol. The standard InChI is InChI=1S/C32H43NO5/c1-19(10-15-26(34)37-4)24-13-14-25-23-12-11-21-18-22(38-30(36)20-8-6-5-7-9-20)16-17-31(21,2)27(23)28(33)29(35)32(24,25)3/h5-9,19,21-25H,10-18,33H2,1-4H3/t19-,21-,22-,23+,24-,25+,31+,32-/m1/s1. The van der Waals surface area contributed by atoms with Crippen molar-refractivity contribution in [1.29, 1.82) is 0 Å². The molecule has 0 aromatic heterocycles. The number of hydrogen-bond acceptors (Lipinski definition) is 6. The molecule has 1 aromatic rings. The van der Waals surface area contributed by atoms with Crippen LogP contribution in [0.25, 0.3) is 0 Å². The van der Waals surface area contributed by atoms with Gasteiger partial charge in [-0.05, 0) is 104 Å². The fraction of sp³-hybridized carbons (Fsp3) is 0.656. The van der Waals surface area contributed by atoms with Gasteiger partial charge in [0, 0.05) is 11.8 Å². The Labute approximate surface area is 226 Å². The first-order valence-corrected chi connectivity index (χ1v) is 14.5. The number of benzene rings is 1. The summed E-state index contributed by atoms with van der Waals surface area (Å²) in [5.74, 6) is 1.14. The van der Waals surface area contributed by atoms with E-state index in [1.165, 1.54) is 12.7 Å². The van der Waals surface area contributed by atoms with Crippen molar-refractivity contribution in [2.45, 2.75) is 84.7 Å². The third-order valence-corrected chi connectivity index (χ3v) is 11.1. The molecule has 0 heterocycles. The third-order valence-electron chi connectivity index (χ3n) is 11.1. The number of nitrogens with two attached hydrogens (primary N) is 1. The SMILES string of the molecule is COC(=O)CC[C@@H](C)[C@H]1CC[C@H]2[C@@H]3CC[C@@H]4C[C@H](OC(=O)c5ccccc5)CC[C@]4(C)C3=C(N)C(=O)[C@]12C. The van der Waals surface area contributed by atoms with E-state index < -0.39 is 5.41 Å². The number of Topliss-reactive ketones (excluding diaryl/α,β-unsaturated/α-hetero) is 1. The summed E-state index contributed by atoms with van der Waals surface area (Å²) in [6.45, 7) is 6.65. The Balaban J connectivity index is 1.35. The van der Waals surface area contributed by atoms with Crippen LogP contribution >= 0.6 is 0 Å². The highest BCUT2D eigenvalue weighted by atomic mass is 16.5. The first kappa shape index (κ1) is 27.0. The highest BCUT2D eigenvalue weighted by Crippen LogP contribution is 2.66. The zero-order valence-corrected chi connectivity index (χ0v) is 23.3. The molecular formula is C32H43NO5. The van der Waals surface area contributed by atoms with Gasteiger partial charge in [0.05, 0.1) is 18.4 Å². The quantitative estimate of drug-likeness (QED) is 0.472. The van der Waals surface area contributed by atoms with Crippen molar-refractivity contribution in [2.75, 3.05) is 7.11 Å². The lowest BCUT2D eigenvalue weighted by molar-refractivity contribution is -0.141. The summed E-state index contributed by atoms with van der Waals surface area (Å²) in [7, 11) is 1.43. The lowest BCUT2D eigenvalue weighted by atomic mass is 9.47. The molecule has 2 N–H and O–H groups in total. The van der Waals surface area contributed by atoms with Crippen LogP contribution < -0.4 is 5.73 Å². The van der Waals surface area contributed by atoms with E-state index in [4.69, 9.17) is 15.2 Å². The van der Waals surface area contributed by atoms with E-state index in [1.54, 1.807) is 12.1 Å². The van der Waals surface area contributed by atoms with Crippen LogP contribution in [0.15, 0.2) is 41.6 Å². The predicted molar refractivity (Wildman–Crippen MR) is 145 cm³/mol. The van der Waals surface area contributed by atoms with Gasteiger partial charge in [-0.25, -0.2) is 4.79 Å². The highest BCUT2D eigenvalue weighted by Gasteiger charge is 2.63. The number of carbonyl (C=O) groups excluding carboxylic acids is 3. The van der Waals surface area contributed by atoms with E-state index in [2.05, 4.69) is 20.8 Å². The lowest BCUT2D eigenvalue weighted by Crippen LogP contribution is -2.55. The number of carbonyl (C=O) groups is 3. The van der Waals surface area contributed by atoms with Gasteiger partial charge in [-0.2, -0.15) is 0 Å². The zero-order chi connectivity index (χ0) is 27.2. The second kappa shape index (κ2) is 10.2. The number of methoxy groups -OCH3 is 1. The maximum atomic E-state index is 14.1. The van der Waals surface area contributed by atoms with E-state index in [0.29, 0.717) is 35.4 Å². The van der Waals surface area contributed by atoms with Crippen LogP contribution in [-0.4, -0.2) is 30.9 Å². The van der Waals surface area contributed by atoms with E-state index >= 15 is 0 Å². The molecule has 206 valence electrons. The number of ketones is 1. The van der Waals surface area contributed by atoms with Crippen molar-refractivity contribution in [2.24, 2.45) is 46.2 Å². The summed E-state index contributed by atoms with van der Waals surface area (Å²) >= 11 is 0. The van der Waals surface area contributed by atoms with E-state index in [-0.39, 0.29) is 41.1 Å². The fourth-order valence-corrected chi connectivity index (χ4v) is 9.04. The molecule has 1 aromatic carbocycles. The van der Waals surface area contributed by atoms with Gasteiger partial charge < -0.3 is 15.2 Å². The van der Waals surface area contributed by atoms with Gasteiger partial charge in [-0.15, -0.1) is 0 Å². The first-order valence-electron chi connectivity index (χ1n) is 14.5. The van der Waals surface area contributed by atoms with Crippen molar-refractivity contribution in [1.82, 2.24) is 0 Å². The molecule has 4 aliphatic carbocycles. The number of ether oxygens (including phenoxy) is 2. The maximum absolute atomic E-state index is 14.1.